The third-order valence-electron chi connectivity index (χ3n) is 3.47. The monoisotopic (exact) mass is 257 g/mol. The summed E-state index contributed by atoms with van der Waals surface area (Å²) in [6, 6.07) is 3.92. The van der Waals surface area contributed by atoms with Gasteiger partial charge >= 0.3 is 0 Å². The van der Waals surface area contributed by atoms with Crippen LogP contribution in [0.4, 0.5) is 5.82 Å². The van der Waals surface area contributed by atoms with Crippen molar-refractivity contribution >= 4 is 22.8 Å². The van der Waals surface area contributed by atoms with Crippen molar-refractivity contribution in [3.05, 3.63) is 30.2 Å². The molecule has 0 saturated heterocycles. The Morgan fingerprint density at radius 3 is 2.95 bits per heavy atom. The second kappa shape index (κ2) is 4.38. The molecule has 19 heavy (non-hydrogen) atoms. The number of fused-ring (bicyclic) bond motifs is 1. The highest BCUT2D eigenvalue weighted by Crippen LogP contribution is 2.25. The van der Waals surface area contributed by atoms with Crippen molar-refractivity contribution in [1.29, 1.82) is 0 Å². The summed E-state index contributed by atoms with van der Waals surface area (Å²) in [4.78, 5) is 17.1. The molecule has 0 aliphatic carbocycles. The van der Waals surface area contributed by atoms with Crippen molar-refractivity contribution in [3.63, 3.8) is 0 Å². The van der Waals surface area contributed by atoms with E-state index < -0.39 is 0 Å². The molecule has 0 spiro atoms. The van der Waals surface area contributed by atoms with Gasteiger partial charge in [0.2, 0.25) is 5.91 Å². The second-order valence-corrected chi connectivity index (χ2v) is 4.61. The Kier molecular flexibility index (Phi) is 2.70. The van der Waals surface area contributed by atoms with E-state index in [1.165, 1.54) is 11.9 Å². The zero-order chi connectivity index (χ0) is 13.4. The molecule has 1 amide bonds. The van der Waals surface area contributed by atoms with Crippen LogP contribution in [0.1, 0.15) is 19.0 Å². The zero-order valence-corrected chi connectivity index (χ0v) is 10.7. The van der Waals surface area contributed by atoms with Gasteiger partial charge in [-0.1, -0.05) is 6.08 Å². The average molecular weight is 257 g/mol. The molecule has 0 radical (unpaired) electrons. The first-order chi connectivity index (χ1) is 9.16. The summed E-state index contributed by atoms with van der Waals surface area (Å²) in [5, 5.41) is 4.24. The zero-order valence-electron chi connectivity index (χ0n) is 10.7. The van der Waals surface area contributed by atoms with Gasteiger partial charge < -0.3 is 10.6 Å². The fourth-order valence-electron chi connectivity index (χ4n) is 2.38. The van der Waals surface area contributed by atoms with Crippen molar-refractivity contribution in [1.82, 2.24) is 19.5 Å². The number of amides is 1. The van der Waals surface area contributed by atoms with Gasteiger partial charge in [0.15, 0.2) is 5.82 Å². The Bertz CT molecular complexity index is 673. The van der Waals surface area contributed by atoms with E-state index >= 15 is 0 Å². The van der Waals surface area contributed by atoms with Crippen molar-refractivity contribution in [2.24, 2.45) is 0 Å². The van der Waals surface area contributed by atoms with E-state index in [9.17, 15) is 4.79 Å². The molecule has 98 valence electrons. The van der Waals surface area contributed by atoms with Crippen molar-refractivity contribution in [2.45, 2.75) is 13.3 Å². The van der Waals surface area contributed by atoms with Crippen molar-refractivity contribution in [2.75, 3.05) is 18.8 Å². The predicted octanol–water partition coefficient (Wildman–Crippen LogP) is 0.947. The highest BCUT2D eigenvalue weighted by atomic mass is 16.2. The minimum atomic E-state index is 0.113. The van der Waals surface area contributed by atoms with E-state index in [1.54, 1.807) is 11.4 Å². The highest BCUT2D eigenvalue weighted by Gasteiger charge is 2.17. The maximum atomic E-state index is 11.3. The number of nitrogen functional groups attached to an aromatic ring is 1. The maximum Gasteiger partial charge on any atom is 0.219 e. The molecule has 3 rings (SSSR count). The summed E-state index contributed by atoms with van der Waals surface area (Å²) in [5.74, 6) is 0.588. The number of hydrogen-bond acceptors (Lipinski definition) is 4. The van der Waals surface area contributed by atoms with E-state index in [2.05, 4.69) is 16.2 Å². The SMILES string of the molecule is CC(=O)N1CC=C(c2ccc3c(N)ncnn23)CC1. The molecule has 3 heterocycles. The molecule has 2 aromatic heterocycles. The van der Waals surface area contributed by atoms with Crippen LogP contribution in [-0.2, 0) is 4.79 Å². The van der Waals surface area contributed by atoms with Gasteiger partial charge in [-0.2, -0.15) is 5.10 Å². The lowest BCUT2D eigenvalue weighted by Crippen LogP contribution is -2.32. The smallest absolute Gasteiger partial charge is 0.219 e. The second-order valence-electron chi connectivity index (χ2n) is 4.61. The molecule has 2 N–H and O–H groups in total. The molecular weight excluding hydrogens is 242 g/mol. The first-order valence-corrected chi connectivity index (χ1v) is 6.20. The Morgan fingerprint density at radius 2 is 2.26 bits per heavy atom. The molecule has 6 nitrogen and oxygen atoms in total. The standard InChI is InChI=1S/C13H15N5O/c1-9(19)17-6-4-10(5-7-17)11-2-3-12-13(14)15-8-16-18(11)12/h2-4,8H,5-7H2,1H3,(H2,14,15,16). The van der Waals surface area contributed by atoms with Gasteiger partial charge in [0.05, 0.1) is 5.69 Å². The van der Waals surface area contributed by atoms with Crippen LogP contribution in [0.25, 0.3) is 11.1 Å². The molecule has 1 aliphatic rings. The van der Waals surface area contributed by atoms with Crippen LogP contribution in [0.2, 0.25) is 0 Å². The lowest BCUT2D eigenvalue weighted by Gasteiger charge is -2.25. The molecule has 1 aliphatic heterocycles. The van der Waals surface area contributed by atoms with Gasteiger partial charge in [-0.15, -0.1) is 0 Å². The first kappa shape index (κ1) is 11.7. The fraction of sp³-hybridized carbons (Fsp3) is 0.308. The number of aromatic nitrogens is 3. The molecule has 0 atom stereocenters. The van der Waals surface area contributed by atoms with Crippen LogP contribution >= 0.6 is 0 Å². The minimum Gasteiger partial charge on any atom is -0.382 e. The van der Waals surface area contributed by atoms with Crippen LogP contribution in [0.3, 0.4) is 0 Å². The van der Waals surface area contributed by atoms with Gasteiger partial charge in [-0.3, -0.25) is 4.79 Å². The molecule has 0 fully saturated rings. The summed E-state index contributed by atoms with van der Waals surface area (Å²) < 4.78 is 1.80. The fourth-order valence-corrected chi connectivity index (χ4v) is 2.38. The van der Waals surface area contributed by atoms with Crippen molar-refractivity contribution < 1.29 is 4.79 Å². The molecule has 2 aromatic rings. The van der Waals surface area contributed by atoms with Crippen LogP contribution < -0.4 is 5.73 Å². The highest BCUT2D eigenvalue weighted by molar-refractivity contribution is 5.77. The number of rotatable bonds is 1. The van der Waals surface area contributed by atoms with Gasteiger partial charge in [0.1, 0.15) is 11.8 Å². The summed E-state index contributed by atoms with van der Waals surface area (Å²) >= 11 is 0. The molecule has 0 saturated carbocycles. The summed E-state index contributed by atoms with van der Waals surface area (Å²) in [5.41, 5.74) is 8.84. The third-order valence-corrected chi connectivity index (χ3v) is 3.47. The summed E-state index contributed by atoms with van der Waals surface area (Å²) in [7, 11) is 0. The number of nitrogens with zero attached hydrogens (tertiary/aromatic N) is 4. The van der Waals surface area contributed by atoms with Crippen LogP contribution in [0.15, 0.2) is 24.5 Å². The first-order valence-electron chi connectivity index (χ1n) is 6.20. The number of hydrogen-bond donors (Lipinski definition) is 1. The lowest BCUT2D eigenvalue weighted by atomic mass is 10.1. The topological polar surface area (TPSA) is 76.5 Å². The van der Waals surface area contributed by atoms with Crippen LogP contribution in [0.5, 0.6) is 0 Å². The lowest BCUT2D eigenvalue weighted by molar-refractivity contribution is -0.128. The van der Waals surface area contributed by atoms with Gasteiger partial charge in [0, 0.05) is 20.0 Å². The van der Waals surface area contributed by atoms with Crippen LogP contribution in [-0.4, -0.2) is 38.5 Å². The largest absolute Gasteiger partial charge is 0.382 e. The van der Waals surface area contributed by atoms with Crippen molar-refractivity contribution in [3.8, 4) is 0 Å². The van der Waals surface area contributed by atoms with Gasteiger partial charge in [0.25, 0.3) is 0 Å². The van der Waals surface area contributed by atoms with E-state index in [0.717, 1.165) is 24.2 Å². The molecule has 6 heteroatoms. The Balaban J connectivity index is 1.98. The molecular formula is C13H15N5O. The number of carbonyl (C=O) groups is 1. The Hall–Kier alpha value is -2.37. The molecule has 0 aromatic carbocycles. The maximum absolute atomic E-state index is 11.3. The summed E-state index contributed by atoms with van der Waals surface area (Å²) in [6.45, 7) is 2.99. The predicted molar refractivity (Wildman–Crippen MR) is 72.2 cm³/mol. The normalized spacial score (nSPS) is 15.6. The van der Waals surface area contributed by atoms with Gasteiger partial charge in [-0.25, -0.2) is 9.50 Å². The van der Waals surface area contributed by atoms with E-state index in [1.807, 2.05) is 17.0 Å². The van der Waals surface area contributed by atoms with E-state index in [4.69, 9.17) is 5.73 Å². The van der Waals surface area contributed by atoms with Gasteiger partial charge in [-0.05, 0) is 24.1 Å². The Morgan fingerprint density at radius 1 is 1.42 bits per heavy atom. The minimum absolute atomic E-state index is 0.113. The molecule has 0 bridgehead atoms. The number of anilines is 1. The molecule has 0 unspecified atom stereocenters. The van der Waals surface area contributed by atoms with Crippen LogP contribution in [0, 0.1) is 0 Å². The number of nitrogens with two attached hydrogens (primary N) is 1. The van der Waals surface area contributed by atoms with E-state index in [-0.39, 0.29) is 5.91 Å². The average Bonchev–Trinajstić information content (AvgIpc) is 2.84. The number of carbonyl (C=O) groups excluding carboxylic acids is 1. The summed E-state index contributed by atoms with van der Waals surface area (Å²) in [6.07, 6.45) is 4.36. The van der Waals surface area contributed by atoms with E-state index in [0.29, 0.717) is 12.4 Å². The quantitative estimate of drug-likeness (QED) is 0.825. The third kappa shape index (κ3) is 1.95. The Labute approximate surface area is 110 Å².